The summed E-state index contributed by atoms with van der Waals surface area (Å²) in [4.78, 5) is 24.6. The number of nitrogens with one attached hydrogen (secondary N) is 1. The number of benzene rings is 2. The highest BCUT2D eigenvalue weighted by Crippen LogP contribution is 2.32. The molecule has 0 atom stereocenters. The van der Waals surface area contributed by atoms with Gasteiger partial charge in [-0.2, -0.15) is 5.10 Å². The zero-order chi connectivity index (χ0) is 23.3. The van der Waals surface area contributed by atoms with Gasteiger partial charge in [0.15, 0.2) is 5.75 Å². The number of aromatic nitrogens is 2. The van der Waals surface area contributed by atoms with Gasteiger partial charge in [-0.05, 0) is 36.4 Å². The molecule has 1 N–H and O–H groups in total. The molecule has 168 valence electrons. The molecule has 0 bridgehead atoms. The third-order valence-corrected chi connectivity index (χ3v) is 4.23. The highest BCUT2D eigenvalue weighted by Gasteiger charge is 2.32. The SMILES string of the molecule is COc1ccc(OC)c(-c2ccc(=O)n(CC(=O)Nc3ccccc3OC(F)(F)F)n2)c1. The van der Waals surface area contributed by atoms with Gasteiger partial charge in [0.1, 0.15) is 18.0 Å². The second-order valence-corrected chi connectivity index (χ2v) is 6.37. The highest BCUT2D eigenvalue weighted by atomic mass is 19.4. The third kappa shape index (κ3) is 5.56. The van der Waals surface area contributed by atoms with Crippen LogP contribution in [0, 0.1) is 0 Å². The average Bonchev–Trinajstić information content (AvgIpc) is 2.75. The Morgan fingerprint density at radius 1 is 1.03 bits per heavy atom. The van der Waals surface area contributed by atoms with Crippen LogP contribution in [0.5, 0.6) is 17.2 Å². The Morgan fingerprint density at radius 3 is 2.47 bits per heavy atom. The summed E-state index contributed by atoms with van der Waals surface area (Å²) in [5.74, 6) is -0.360. The van der Waals surface area contributed by atoms with Crippen LogP contribution >= 0.6 is 0 Å². The predicted molar refractivity (Wildman–Crippen MR) is 109 cm³/mol. The number of hydrogen-bond donors (Lipinski definition) is 1. The van der Waals surface area contributed by atoms with E-state index in [9.17, 15) is 22.8 Å². The molecular weight excluding hydrogens is 431 g/mol. The highest BCUT2D eigenvalue weighted by molar-refractivity contribution is 5.92. The molecule has 0 aliphatic carbocycles. The Hall–Kier alpha value is -4.02. The van der Waals surface area contributed by atoms with Crippen molar-refractivity contribution in [1.29, 1.82) is 0 Å². The minimum Gasteiger partial charge on any atom is -0.497 e. The number of para-hydroxylation sites is 2. The van der Waals surface area contributed by atoms with Crippen LogP contribution < -0.4 is 25.1 Å². The van der Waals surface area contributed by atoms with E-state index in [0.717, 1.165) is 10.7 Å². The van der Waals surface area contributed by atoms with Crippen molar-refractivity contribution in [2.75, 3.05) is 19.5 Å². The van der Waals surface area contributed by atoms with Crippen LogP contribution in [-0.4, -0.2) is 36.3 Å². The number of ether oxygens (including phenoxy) is 3. The molecule has 32 heavy (non-hydrogen) atoms. The van der Waals surface area contributed by atoms with Gasteiger partial charge >= 0.3 is 6.36 Å². The number of hydrogen-bond acceptors (Lipinski definition) is 6. The maximum atomic E-state index is 12.6. The summed E-state index contributed by atoms with van der Waals surface area (Å²) in [6, 6.07) is 12.7. The van der Waals surface area contributed by atoms with Crippen LogP contribution in [-0.2, 0) is 11.3 Å². The molecule has 1 heterocycles. The topological polar surface area (TPSA) is 91.7 Å². The number of carbonyl (C=O) groups excluding carboxylic acids is 1. The lowest BCUT2D eigenvalue weighted by molar-refractivity contribution is -0.274. The van der Waals surface area contributed by atoms with Crippen LogP contribution in [0.4, 0.5) is 18.9 Å². The number of nitrogens with zero attached hydrogens (tertiary/aromatic N) is 2. The van der Waals surface area contributed by atoms with E-state index in [1.807, 2.05) is 0 Å². The lowest BCUT2D eigenvalue weighted by atomic mass is 10.1. The van der Waals surface area contributed by atoms with Crippen LogP contribution in [0.15, 0.2) is 59.4 Å². The van der Waals surface area contributed by atoms with Crippen molar-refractivity contribution in [3.63, 3.8) is 0 Å². The number of methoxy groups -OCH3 is 2. The smallest absolute Gasteiger partial charge is 0.497 e. The van der Waals surface area contributed by atoms with Gasteiger partial charge in [0, 0.05) is 11.6 Å². The number of anilines is 1. The quantitative estimate of drug-likeness (QED) is 0.594. The third-order valence-electron chi connectivity index (χ3n) is 4.23. The van der Waals surface area contributed by atoms with E-state index in [4.69, 9.17) is 9.47 Å². The molecule has 1 amide bonds. The Balaban J connectivity index is 1.86. The maximum absolute atomic E-state index is 12.6. The molecule has 3 rings (SSSR count). The van der Waals surface area contributed by atoms with Crippen LogP contribution in [0.1, 0.15) is 0 Å². The second kappa shape index (κ2) is 9.41. The molecule has 0 saturated heterocycles. The van der Waals surface area contributed by atoms with Crippen LogP contribution in [0.2, 0.25) is 0 Å². The first-order valence-electron chi connectivity index (χ1n) is 9.15. The molecule has 0 saturated carbocycles. The minimum absolute atomic E-state index is 0.200. The largest absolute Gasteiger partial charge is 0.573 e. The monoisotopic (exact) mass is 449 g/mol. The summed E-state index contributed by atoms with van der Waals surface area (Å²) in [7, 11) is 2.96. The molecule has 1 aromatic heterocycles. The fourth-order valence-electron chi connectivity index (χ4n) is 2.83. The number of alkyl halides is 3. The molecule has 0 unspecified atom stereocenters. The van der Waals surface area contributed by atoms with Crippen LogP contribution in [0.25, 0.3) is 11.3 Å². The van der Waals surface area contributed by atoms with E-state index in [1.165, 1.54) is 44.6 Å². The fourth-order valence-corrected chi connectivity index (χ4v) is 2.83. The first kappa shape index (κ1) is 22.7. The Kier molecular flexibility index (Phi) is 6.67. The molecule has 11 heteroatoms. The molecular formula is C21H18F3N3O5. The van der Waals surface area contributed by atoms with Gasteiger partial charge < -0.3 is 19.5 Å². The Bertz CT molecular complexity index is 1180. The Labute approximate surface area is 180 Å². The minimum atomic E-state index is -4.93. The van der Waals surface area contributed by atoms with Gasteiger partial charge in [0.2, 0.25) is 5.91 Å². The van der Waals surface area contributed by atoms with Gasteiger partial charge in [0.05, 0.1) is 25.6 Å². The molecule has 0 aliphatic heterocycles. The van der Waals surface area contributed by atoms with E-state index in [2.05, 4.69) is 15.2 Å². The molecule has 2 aromatic carbocycles. The fraction of sp³-hybridized carbons (Fsp3) is 0.190. The number of amides is 1. The number of carbonyl (C=O) groups is 1. The predicted octanol–water partition coefficient (Wildman–Crippen LogP) is 3.46. The van der Waals surface area contributed by atoms with E-state index in [-0.39, 0.29) is 5.69 Å². The summed E-state index contributed by atoms with van der Waals surface area (Å²) in [6.07, 6.45) is -4.93. The molecule has 3 aromatic rings. The summed E-state index contributed by atoms with van der Waals surface area (Å²) < 4.78 is 53.0. The summed E-state index contributed by atoms with van der Waals surface area (Å²) in [5, 5.41) is 6.49. The van der Waals surface area contributed by atoms with Crippen molar-refractivity contribution in [2.45, 2.75) is 12.9 Å². The normalized spacial score (nSPS) is 11.0. The van der Waals surface area contributed by atoms with Crippen molar-refractivity contribution in [3.05, 3.63) is 65.0 Å². The summed E-state index contributed by atoms with van der Waals surface area (Å²) >= 11 is 0. The zero-order valence-electron chi connectivity index (χ0n) is 17.0. The van der Waals surface area contributed by atoms with Gasteiger partial charge in [-0.25, -0.2) is 4.68 Å². The van der Waals surface area contributed by atoms with Crippen molar-refractivity contribution in [3.8, 4) is 28.5 Å². The molecule has 0 spiro atoms. The lowest BCUT2D eigenvalue weighted by Crippen LogP contribution is -2.29. The number of rotatable bonds is 7. The average molecular weight is 449 g/mol. The first-order chi connectivity index (χ1) is 15.2. The van der Waals surface area contributed by atoms with Gasteiger partial charge in [-0.3, -0.25) is 9.59 Å². The van der Waals surface area contributed by atoms with Crippen LogP contribution in [0.3, 0.4) is 0 Å². The molecule has 0 fully saturated rings. The number of halogens is 3. The van der Waals surface area contributed by atoms with Gasteiger partial charge in [-0.1, -0.05) is 12.1 Å². The summed E-state index contributed by atoms with van der Waals surface area (Å²) in [5.41, 5.74) is 0.0676. The molecule has 0 radical (unpaired) electrons. The Morgan fingerprint density at radius 2 is 1.78 bits per heavy atom. The summed E-state index contributed by atoms with van der Waals surface area (Å²) in [6.45, 7) is -0.542. The van der Waals surface area contributed by atoms with Crippen molar-refractivity contribution in [1.82, 2.24) is 9.78 Å². The zero-order valence-corrected chi connectivity index (χ0v) is 17.0. The van der Waals surface area contributed by atoms with Crippen molar-refractivity contribution < 1.29 is 32.2 Å². The van der Waals surface area contributed by atoms with E-state index in [1.54, 1.807) is 18.2 Å². The van der Waals surface area contributed by atoms with Crippen molar-refractivity contribution in [2.24, 2.45) is 0 Å². The maximum Gasteiger partial charge on any atom is 0.573 e. The molecule has 8 nitrogen and oxygen atoms in total. The van der Waals surface area contributed by atoms with E-state index in [0.29, 0.717) is 22.8 Å². The first-order valence-corrected chi connectivity index (χ1v) is 9.15. The standard InChI is InChI=1S/C21H18F3N3O5/c1-30-13-7-9-17(31-2)14(11-13)15-8-10-20(29)27(26-15)12-19(28)25-16-5-3-4-6-18(16)32-21(22,23)24/h3-11H,12H2,1-2H3,(H,25,28). The van der Waals surface area contributed by atoms with Gasteiger partial charge in [0.25, 0.3) is 5.56 Å². The second-order valence-electron chi connectivity index (χ2n) is 6.37. The molecule has 0 aliphatic rings. The van der Waals surface area contributed by atoms with E-state index >= 15 is 0 Å². The van der Waals surface area contributed by atoms with Crippen molar-refractivity contribution >= 4 is 11.6 Å². The van der Waals surface area contributed by atoms with Gasteiger partial charge in [-0.15, -0.1) is 13.2 Å². The lowest BCUT2D eigenvalue weighted by Gasteiger charge is -2.14. The van der Waals surface area contributed by atoms with E-state index < -0.39 is 30.1 Å².